The summed E-state index contributed by atoms with van der Waals surface area (Å²) in [4.78, 5) is 27.3. The molecule has 0 spiro atoms. The van der Waals surface area contributed by atoms with Crippen LogP contribution in [0.5, 0.6) is 0 Å². The molecule has 7 heteroatoms. The van der Waals surface area contributed by atoms with Crippen molar-refractivity contribution in [1.82, 2.24) is 20.2 Å². The zero-order chi connectivity index (χ0) is 20.8. The van der Waals surface area contributed by atoms with Gasteiger partial charge in [-0.3, -0.25) is 4.79 Å². The van der Waals surface area contributed by atoms with Crippen LogP contribution in [-0.2, 0) is 11.3 Å². The molecule has 1 aliphatic rings. The first-order valence-electron chi connectivity index (χ1n) is 10.7. The van der Waals surface area contributed by atoms with E-state index in [0.717, 1.165) is 67.5 Å². The average Bonchev–Trinajstić information content (AvgIpc) is 3.22. The first-order chi connectivity index (χ1) is 14.7. The number of nitrogens with zero attached hydrogens (tertiary/aromatic N) is 4. The highest BCUT2D eigenvalue weighted by Gasteiger charge is 2.27. The Morgan fingerprint density at radius 2 is 2.13 bits per heavy atom. The first-order valence-corrected chi connectivity index (χ1v) is 11.5. The van der Waals surface area contributed by atoms with Crippen molar-refractivity contribution in [3.8, 4) is 0 Å². The maximum atomic E-state index is 12.7. The van der Waals surface area contributed by atoms with Gasteiger partial charge in [0.2, 0.25) is 5.91 Å². The maximum Gasteiger partial charge on any atom is 0.224 e. The Kier molecular flexibility index (Phi) is 6.92. The lowest BCUT2D eigenvalue weighted by Crippen LogP contribution is -2.43. The van der Waals surface area contributed by atoms with Crippen molar-refractivity contribution >= 4 is 32.7 Å². The molecule has 1 atom stereocenters. The van der Waals surface area contributed by atoms with Crippen LogP contribution in [-0.4, -0.2) is 54.0 Å². The zero-order valence-corrected chi connectivity index (χ0v) is 18.3. The fourth-order valence-corrected chi connectivity index (χ4v) is 4.88. The molecule has 0 radical (unpaired) electrons. The molecular weight excluding hydrogens is 394 g/mol. The molecule has 1 fully saturated rings. The van der Waals surface area contributed by atoms with Crippen LogP contribution in [0.4, 0.5) is 5.13 Å². The second-order valence-electron chi connectivity index (χ2n) is 7.98. The monoisotopic (exact) mass is 423 g/mol. The van der Waals surface area contributed by atoms with E-state index in [9.17, 15) is 4.79 Å². The fraction of sp³-hybridized carbons (Fsp3) is 0.435. The van der Waals surface area contributed by atoms with Gasteiger partial charge in [-0.05, 0) is 50.6 Å². The second-order valence-corrected chi connectivity index (χ2v) is 8.93. The molecular formula is C23H29N5OS. The van der Waals surface area contributed by atoms with E-state index in [0.29, 0.717) is 0 Å². The molecule has 3 heterocycles. The highest BCUT2D eigenvalue weighted by atomic mass is 32.1. The molecule has 1 unspecified atom stereocenters. The minimum Gasteiger partial charge on any atom is -0.356 e. The van der Waals surface area contributed by atoms with E-state index in [1.54, 1.807) is 17.5 Å². The molecule has 6 nitrogen and oxygen atoms in total. The molecule has 30 heavy (non-hydrogen) atoms. The quantitative estimate of drug-likeness (QED) is 0.562. The van der Waals surface area contributed by atoms with Gasteiger partial charge in [0, 0.05) is 32.4 Å². The maximum absolute atomic E-state index is 12.7. The summed E-state index contributed by atoms with van der Waals surface area (Å²) < 4.78 is 0. The topological polar surface area (TPSA) is 61.4 Å². The molecule has 1 N–H and O–H groups in total. The SMILES string of the molecule is CN(CCCNC(=O)C1CCCN(c2nc3cccnc3s2)C1)Cc1ccccc1. The minimum absolute atomic E-state index is 0.0285. The van der Waals surface area contributed by atoms with Gasteiger partial charge in [0.15, 0.2) is 5.13 Å². The largest absolute Gasteiger partial charge is 0.356 e. The zero-order valence-electron chi connectivity index (χ0n) is 17.5. The number of hydrogen-bond donors (Lipinski definition) is 1. The molecule has 1 amide bonds. The Hall–Kier alpha value is -2.51. The predicted molar refractivity (Wildman–Crippen MR) is 123 cm³/mol. The number of thiazole rings is 1. The molecule has 1 aromatic carbocycles. The van der Waals surface area contributed by atoms with Crippen LogP contribution in [0, 0.1) is 5.92 Å². The number of pyridine rings is 1. The lowest BCUT2D eigenvalue weighted by molar-refractivity contribution is -0.125. The number of carbonyl (C=O) groups excluding carboxylic acids is 1. The summed E-state index contributed by atoms with van der Waals surface area (Å²) in [6.07, 6.45) is 4.71. The van der Waals surface area contributed by atoms with Gasteiger partial charge in [0.05, 0.1) is 5.92 Å². The van der Waals surface area contributed by atoms with Crippen LogP contribution >= 0.6 is 11.3 Å². The van der Waals surface area contributed by atoms with E-state index in [1.807, 2.05) is 18.2 Å². The van der Waals surface area contributed by atoms with Crippen molar-refractivity contribution in [1.29, 1.82) is 0 Å². The standard InChI is InChI=1S/C23H29N5OS/c1-27(16-18-8-3-2-4-9-18)14-7-13-24-21(29)19-10-6-15-28(17-19)23-26-20-11-5-12-25-22(20)30-23/h2-5,8-9,11-12,19H,6-7,10,13-17H2,1H3,(H,24,29). The second kappa shape index (κ2) is 10.00. The van der Waals surface area contributed by atoms with E-state index in [4.69, 9.17) is 4.98 Å². The Morgan fingerprint density at radius 3 is 2.97 bits per heavy atom. The third-order valence-corrected chi connectivity index (χ3v) is 6.57. The average molecular weight is 424 g/mol. The van der Waals surface area contributed by atoms with Crippen LogP contribution in [0.25, 0.3) is 10.3 Å². The lowest BCUT2D eigenvalue weighted by atomic mass is 9.97. The van der Waals surface area contributed by atoms with E-state index < -0.39 is 0 Å². The van der Waals surface area contributed by atoms with E-state index in [1.165, 1.54) is 5.56 Å². The number of aromatic nitrogens is 2. The van der Waals surface area contributed by atoms with Gasteiger partial charge in [-0.15, -0.1) is 0 Å². The Morgan fingerprint density at radius 1 is 1.27 bits per heavy atom. The lowest BCUT2D eigenvalue weighted by Gasteiger charge is -2.31. The number of benzene rings is 1. The Balaban J connectivity index is 1.21. The molecule has 4 rings (SSSR count). The molecule has 3 aromatic rings. The summed E-state index contributed by atoms with van der Waals surface area (Å²) in [6, 6.07) is 14.4. The normalized spacial score (nSPS) is 16.9. The van der Waals surface area contributed by atoms with Gasteiger partial charge in [0.25, 0.3) is 0 Å². The van der Waals surface area contributed by atoms with Gasteiger partial charge in [-0.2, -0.15) is 0 Å². The van der Waals surface area contributed by atoms with Crippen molar-refractivity contribution in [2.75, 3.05) is 38.1 Å². The van der Waals surface area contributed by atoms with Crippen LogP contribution in [0.1, 0.15) is 24.8 Å². The number of amides is 1. The van der Waals surface area contributed by atoms with Crippen molar-refractivity contribution in [3.63, 3.8) is 0 Å². The van der Waals surface area contributed by atoms with Gasteiger partial charge in [-0.1, -0.05) is 41.7 Å². The van der Waals surface area contributed by atoms with Crippen molar-refractivity contribution in [2.24, 2.45) is 5.92 Å². The molecule has 0 saturated carbocycles. The van der Waals surface area contributed by atoms with E-state index >= 15 is 0 Å². The molecule has 1 aliphatic heterocycles. The number of hydrogen-bond acceptors (Lipinski definition) is 6. The summed E-state index contributed by atoms with van der Waals surface area (Å²) in [7, 11) is 2.13. The predicted octanol–water partition coefficient (Wildman–Crippen LogP) is 3.55. The highest BCUT2D eigenvalue weighted by molar-refractivity contribution is 7.21. The summed E-state index contributed by atoms with van der Waals surface area (Å²) in [5.41, 5.74) is 2.25. The van der Waals surface area contributed by atoms with Gasteiger partial charge >= 0.3 is 0 Å². The molecule has 158 valence electrons. The Bertz CT molecular complexity index is 927. The Labute approximate surface area is 181 Å². The molecule has 2 aromatic heterocycles. The number of anilines is 1. The minimum atomic E-state index is 0.0285. The summed E-state index contributed by atoms with van der Waals surface area (Å²) >= 11 is 1.61. The number of fused-ring (bicyclic) bond motifs is 1. The van der Waals surface area contributed by atoms with Crippen LogP contribution in [0.15, 0.2) is 48.7 Å². The number of rotatable bonds is 8. The van der Waals surface area contributed by atoms with Crippen molar-refractivity contribution in [2.45, 2.75) is 25.8 Å². The first kappa shape index (κ1) is 20.8. The molecule has 0 bridgehead atoms. The number of carbonyl (C=O) groups is 1. The summed E-state index contributed by atoms with van der Waals surface area (Å²) in [5, 5.41) is 4.12. The van der Waals surface area contributed by atoms with Gasteiger partial charge in [-0.25, -0.2) is 9.97 Å². The highest BCUT2D eigenvalue weighted by Crippen LogP contribution is 2.30. The molecule has 0 aliphatic carbocycles. The van der Waals surface area contributed by atoms with E-state index in [2.05, 4.69) is 51.4 Å². The summed E-state index contributed by atoms with van der Waals surface area (Å²) in [5.74, 6) is 0.199. The number of nitrogens with one attached hydrogen (secondary N) is 1. The smallest absolute Gasteiger partial charge is 0.224 e. The third-order valence-electron chi connectivity index (χ3n) is 5.53. The van der Waals surface area contributed by atoms with Crippen LogP contribution < -0.4 is 10.2 Å². The van der Waals surface area contributed by atoms with Crippen LogP contribution in [0.2, 0.25) is 0 Å². The van der Waals surface area contributed by atoms with Crippen molar-refractivity contribution in [3.05, 3.63) is 54.2 Å². The number of piperidine rings is 1. The fourth-order valence-electron chi connectivity index (χ4n) is 3.94. The summed E-state index contributed by atoms with van der Waals surface area (Å²) in [6.45, 7) is 4.31. The van der Waals surface area contributed by atoms with Gasteiger partial charge in [0.1, 0.15) is 10.3 Å². The van der Waals surface area contributed by atoms with Gasteiger partial charge < -0.3 is 15.1 Å². The van der Waals surface area contributed by atoms with Crippen LogP contribution in [0.3, 0.4) is 0 Å². The molecule has 1 saturated heterocycles. The third kappa shape index (κ3) is 5.34. The van der Waals surface area contributed by atoms with E-state index in [-0.39, 0.29) is 11.8 Å². The van der Waals surface area contributed by atoms with Crippen molar-refractivity contribution < 1.29 is 4.79 Å².